The number of rotatable bonds is 3. The Morgan fingerprint density at radius 2 is 1.94 bits per heavy atom. The van der Waals surface area contributed by atoms with Crippen LogP contribution in [0.2, 0.25) is 0 Å². The van der Waals surface area contributed by atoms with Crippen LogP contribution in [0.15, 0.2) is 0 Å². The number of carbonyl (C=O) groups excluding carboxylic acids is 1. The van der Waals surface area contributed by atoms with E-state index in [-0.39, 0.29) is 12.2 Å². The van der Waals surface area contributed by atoms with Crippen LogP contribution in [0.1, 0.15) is 39.0 Å². The Morgan fingerprint density at radius 3 is 2.31 bits per heavy atom. The molecule has 0 saturated carbocycles. The topological polar surface area (TPSA) is 68.5 Å². The molecule has 88 valence electrons. The van der Waals surface area contributed by atoms with E-state index in [4.69, 9.17) is 9.84 Å². The molecule has 1 heterocycles. The molecule has 5 heteroatoms. The smallest absolute Gasteiger partial charge is 0.355 e. The molecule has 1 rings (SSSR count). The molecule has 0 unspecified atom stereocenters. The average Bonchev–Trinajstić information content (AvgIpc) is 2.38. The summed E-state index contributed by atoms with van der Waals surface area (Å²) >= 11 is 0. The minimum absolute atomic E-state index is 0.172. The highest BCUT2D eigenvalue weighted by Gasteiger charge is 2.24. The summed E-state index contributed by atoms with van der Waals surface area (Å²) in [7, 11) is 1.65. The molecule has 0 fully saturated rings. The summed E-state index contributed by atoms with van der Waals surface area (Å²) in [6, 6.07) is 0. The molecule has 0 aromatic carbocycles. The lowest BCUT2D eigenvalue weighted by Crippen LogP contribution is -2.11. The van der Waals surface area contributed by atoms with Gasteiger partial charge in [0, 0.05) is 12.7 Å². The van der Waals surface area contributed by atoms with Gasteiger partial charge in [-0.25, -0.2) is 9.59 Å². The number of aromatic carboxylic acids is 1. The van der Waals surface area contributed by atoms with E-state index in [1.807, 2.05) is 0 Å². The molecule has 0 amide bonds. The monoisotopic (exact) mass is 225 g/mol. The number of carbonyl (C=O) groups is 2. The number of esters is 1. The van der Waals surface area contributed by atoms with E-state index in [1.165, 1.54) is 0 Å². The van der Waals surface area contributed by atoms with Crippen molar-refractivity contribution in [3.63, 3.8) is 0 Å². The largest absolute Gasteiger partial charge is 0.478 e. The van der Waals surface area contributed by atoms with E-state index in [9.17, 15) is 9.59 Å². The van der Waals surface area contributed by atoms with Crippen LogP contribution < -0.4 is 0 Å². The van der Waals surface area contributed by atoms with Crippen molar-refractivity contribution >= 4 is 11.9 Å². The maximum atomic E-state index is 11.6. The van der Waals surface area contributed by atoms with E-state index in [2.05, 4.69) is 0 Å². The third kappa shape index (κ3) is 1.80. The fourth-order valence-corrected chi connectivity index (χ4v) is 1.78. The van der Waals surface area contributed by atoms with Gasteiger partial charge in [-0.3, -0.25) is 0 Å². The highest BCUT2D eigenvalue weighted by Crippen LogP contribution is 2.21. The van der Waals surface area contributed by atoms with Gasteiger partial charge in [-0.15, -0.1) is 0 Å². The maximum absolute atomic E-state index is 11.6. The standard InChI is InChI=1S/C11H15NO4/c1-5-16-11(15)9-6(2)8(10(13)14)7(3)12(9)4/h5H2,1-4H3,(H,13,14). The van der Waals surface area contributed by atoms with Crippen LogP contribution in [-0.2, 0) is 11.8 Å². The fourth-order valence-electron chi connectivity index (χ4n) is 1.78. The van der Waals surface area contributed by atoms with Gasteiger partial charge in [0.05, 0.1) is 12.2 Å². The molecule has 0 bridgehead atoms. The van der Waals surface area contributed by atoms with Crippen molar-refractivity contribution in [2.45, 2.75) is 20.8 Å². The van der Waals surface area contributed by atoms with Crippen molar-refractivity contribution in [2.24, 2.45) is 7.05 Å². The molecular weight excluding hydrogens is 210 g/mol. The van der Waals surface area contributed by atoms with Crippen molar-refractivity contribution < 1.29 is 19.4 Å². The van der Waals surface area contributed by atoms with Crippen LogP contribution >= 0.6 is 0 Å². The quantitative estimate of drug-likeness (QED) is 0.792. The Bertz CT molecular complexity index is 445. The number of ether oxygens (including phenoxy) is 1. The van der Waals surface area contributed by atoms with Crippen LogP contribution in [0.5, 0.6) is 0 Å². The highest BCUT2D eigenvalue weighted by atomic mass is 16.5. The minimum atomic E-state index is -1.03. The summed E-state index contributed by atoms with van der Waals surface area (Å²) in [5.41, 5.74) is 1.47. The molecule has 1 N–H and O–H groups in total. The van der Waals surface area contributed by atoms with Gasteiger partial charge < -0.3 is 14.4 Å². The lowest BCUT2D eigenvalue weighted by molar-refractivity contribution is 0.0514. The van der Waals surface area contributed by atoms with E-state index >= 15 is 0 Å². The molecule has 0 aliphatic rings. The molecule has 0 spiro atoms. The first-order chi connectivity index (χ1) is 7.41. The van der Waals surface area contributed by atoms with Crippen molar-refractivity contribution in [1.82, 2.24) is 4.57 Å². The third-order valence-corrected chi connectivity index (χ3v) is 2.61. The Hall–Kier alpha value is -1.78. The Kier molecular flexibility index (Phi) is 3.37. The second-order valence-corrected chi connectivity index (χ2v) is 3.52. The first kappa shape index (κ1) is 12.3. The number of hydrogen-bond acceptors (Lipinski definition) is 3. The van der Waals surface area contributed by atoms with Gasteiger partial charge in [0.15, 0.2) is 0 Å². The van der Waals surface area contributed by atoms with Gasteiger partial charge >= 0.3 is 11.9 Å². The molecule has 16 heavy (non-hydrogen) atoms. The summed E-state index contributed by atoms with van der Waals surface area (Å²) in [5.74, 6) is -1.51. The Morgan fingerprint density at radius 1 is 1.38 bits per heavy atom. The number of aromatic nitrogens is 1. The van der Waals surface area contributed by atoms with Gasteiger partial charge in [0.1, 0.15) is 5.69 Å². The van der Waals surface area contributed by atoms with Crippen molar-refractivity contribution in [2.75, 3.05) is 6.61 Å². The van der Waals surface area contributed by atoms with E-state index in [0.29, 0.717) is 17.0 Å². The predicted octanol–water partition coefficient (Wildman–Crippen LogP) is 1.52. The van der Waals surface area contributed by atoms with E-state index < -0.39 is 11.9 Å². The lowest BCUT2D eigenvalue weighted by Gasteiger charge is -2.05. The molecule has 0 atom stereocenters. The number of nitrogens with zero attached hydrogens (tertiary/aromatic N) is 1. The van der Waals surface area contributed by atoms with Crippen LogP contribution in [0.25, 0.3) is 0 Å². The molecule has 1 aromatic rings. The summed E-state index contributed by atoms with van der Waals surface area (Å²) < 4.78 is 6.44. The van der Waals surface area contributed by atoms with Crippen LogP contribution in [0.3, 0.4) is 0 Å². The average molecular weight is 225 g/mol. The second-order valence-electron chi connectivity index (χ2n) is 3.52. The summed E-state index contributed by atoms with van der Waals surface area (Å²) in [4.78, 5) is 22.7. The van der Waals surface area contributed by atoms with Gasteiger partial charge in [-0.1, -0.05) is 0 Å². The van der Waals surface area contributed by atoms with Gasteiger partial charge in [-0.2, -0.15) is 0 Å². The third-order valence-electron chi connectivity index (χ3n) is 2.61. The van der Waals surface area contributed by atoms with E-state index in [0.717, 1.165) is 0 Å². The molecule has 0 saturated heterocycles. The fraction of sp³-hybridized carbons (Fsp3) is 0.455. The second kappa shape index (κ2) is 4.38. The Balaban J connectivity index is 3.37. The van der Waals surface area contributed by atoms with Crippen LogP contribution in [0.4, 0.5) is 0 Å². The number of carboxylic acids is 1. The first-order valence-corrected chi connectivity index (χ1v) is 4.98. The minimum Gasteiger partial charge on any atom is -0.478 e. The molecule has 5 nitrogen and oxygen atoms in total. The summed E-state index contributed by atoms with van der Waals surface area (Å²) in [6.07, 6.45) is 0. The summed E-state index contributed by atoms with van der Waals surface area (Å²) in [5, 5.41) is 9.03. The zero-order valence-electron chi connectivity index (χ0n) is 9.83. The van der Waals surface area contributed by atoms with Gasteiger partial charge in [0.2, 0.25) is 0 Å². The first-order valence-electron chi connectivity index (χ1n) is 4.98. The van der Waals surface area contributed by atoms with Gasteiger partial charge in [0.25, 0.3) is 0 Å². The zero-order valence-corrected chi connectivity index (χ0v) is 9.83. The molecule has 1 aromatic heterocycles. The zero-order chi connectivity index (χ0) is 12.5. The molecular formula is C11H15NO4. The van der Waals surface area contributed by atoms with Crippen molar-refractivity contribution in [3.05, 3.63) is 22.5 Å². The lowest BCUT2D eigenvalue weighted by atomic mass is 10.1. The summed E-state index contributed by atoms with van der Waals surface area (Å²) in [6.45, 7) is 5.26. The van der Waals surface area contributed by atoms with Gasteiger partial charge in [-0.05, 0) is 26.3 Å². The van der Waals surface area contributed by atoms with E-state index in [1.54, 1.807) is 32.4 Å². The molecule has 0 aliphatic carbocycles. The van der Waals surface area contributed by atoms with Crippen LogP contribution in [0, 0.1) is 13.8 Å². The number of carboxylic acid groups (broad SMARTS) is 1. The predicted molar refractivity (Wildman–Crippen MR) is 57.8 cm³/mol. The van der Waals surface area contributed by atoms with Crippen molar-refractivity contribution in [1.29, 1.82) is 0 Å². The molecule has 0 aliphatic heterocycles. The SMILES string of the molecule is CCOC(=O)c1c(C)c(C(=O)O)c(C)n1C. The Labute approximate surface area is 93.6 Å². The van der Waals surface area contributed by atoms with Crippen LogP contribution in [-0.4, -0.2) is 28.2 Å². The normalized spacial score (nSPS) is 10.2. The van der Waals surface area contributed by atoms with Crippen molar-refractivity contribution in [3.8, 4) is 0 Å². The maximum Gasteiger partial charge on any atom is 0.355 e. The number of hydrogen-bond donors (Lipinski definition) is 1. The highest BCUT2D eigenvalue weighted by molar-refractivity contribution is 5.98. The molecule has 0 radical (unpaired) electrons.